The third-order valence-electron chi connectivity index (χ3n) is 2.68. The molecule has 0 aliphatic heterocycles. The van der Waals surface area contributed by atoms with Crippen LogP contribution >= 0.6 is 0 Å². The number of pyridine rings is 1. The summed E-state index contributed by atoms with van der Waals surface area (Å²) in [5, 5.41) is 9.26. The Kier molecular flexibility index (Phi) is 5.09. The van der Waals surface area contributed by atoms with E-state index in [4.69, 9.17) is 4.74 Å². The molecule has 5 nitrogen and oxygen atoms in total. The highest BCUT2D eigenvalue weighted by molar-refractivity contribution is 5.95. The highest BCUT2D eigenvalue weighted by atomic mass is 16.5. The lowest BCUT2D eigenvalue weighted by Gasteiger charge is -2.21. The first-order chi connectivity index (χ1) is 8.47. The maximum atomic E-state index is 11.3. The number of hydrogen-bond acceptors (Lipinski definition) is 4. The second kappa shape index (κ2) is 6.35. The van der Waals surface area contributed by atoms with E-state index >= 15 is 0 Å². The SMILES string of the molecule is CCOCCN(C)c1nc(C)cc(C)c1C(=O)O. The minimum atomic E-state index is -0.946. The third kappa shape index (κ3) is 3.43. The molecule has 0 saturated carbocycles. The molecule has 1 rings (SSSR count). The van der Waals surface area contributed by atoms with Gasteiger partial charge < -0.3 is 14.7 Å². The van der Waals surface area contributed by atoms with Gasteiger partial charge in [0.15, 0.2) is 0 Å². The van der Waals surface area contributed by atoms with E-state index in [0.717, 1.165) is 11.3 Å². The van der Waals surface area contributed by atoms with E-state index in [-0.39, 0.29) is 5.56 Å². The van der Waals surface area contributed by atoms with Crippen LogP contribution in [-0.2, 0) is 4.74 Å². The van der Waals surface area contributed by atoms with Crippen LogP contribution in [0.1, 0.15) is 28.5 Å². The summed E-state index contributed by atoms with van der Waals surface area (Å²) in [6.07, 6.45) is 0. The zero-order valence-electron chi connectivity index (χ0n) is 11.4. The molecule has 0 fully saturated rings. The van der Waals surface area contributed by atoms with Crippen molar-refractivity contribution in [1.29, 1.82) is 0 Å². The minimum absolute atomic E-state index is 0.264. The van der Waals surface area contributed by atoms with Gasteiger partial charge in [-0.25, -0.2) is 9.78 Å². The van der Waals surface area contributed by atoms with E-state index in [1.807, 2.05) is 25.8 Å². The fourth-order valence-corrected chi connectivity index (χ4v) is 1.81. The van der Waals surface area contributed by atoms with E-state index in [1.54, 1.807) is 13.0 Å². The van der Waals surface area contributed by atoms with E-state index in [9.17, 15) is 9.90 Å². The highest BCUT2D eigenvalue weighted by Gasteiger charge is 2.18. The summed E-state index contributed by atoms with van der Waals surface area (Å²) < 4.78 is 5.27. The number of anilines is 1. The van der Waals surface area contributed by atoms with Gasteiger partial charge in [0.1, 0.15) is 11.4 Å². The summed E-state index contributed by atoms with van der Waals surface area (Å²) in [4.78, 5) is 17.4. The predicted molar refractivity (Wildman–Crippen MR) is 70.4 cm³/mol. The summed E-state index contributed by atoms with van der Waals surface area (Å²) in [5.41, 5.74) is 1.81. The average Bonchev–Trinajstić information content (AvgIpc) is 2.27. The number of hydrogen-bond donors (Lipinski definition) is 1. The molecule has 0 radical (unpaired) electrons. The van der Waals surface area contributed by atoms with Gasteiger partial charge in [0.2, 0.25) is 0 Å². The predicted octanol–water partition coefficient (Wildman–Crippen LogP) is 1.87. The standard InChI is InChI=1S/C13H20N2O3/c1-5-18-7-6-15(4)12-11(13(16)17)9(2)8-10(3)14-12/h8H,5-7H2,1-4H3,(H,16,17). The Morgan fingerprint density at radius 1 is 1.50 bits per heavy atom. The Labute approximate surface area is 107 Å². The second-order valence-electron chi connectivity index (χ2n) is 4.20. The molecule has 100 valence electrons. The van der Waals surface area contributed by atoms with Crippen LogP contribution < -0.4 is 4.90 Å². The van der Waals surface area contributed by atoms with Crippen molar-refractivity contribution in [2.45, 2.75) is 20.8 Å². The normalized spacial score (nSPS) is 10.4. The van der Waals surface area contributed by atoms with E-state index in [2.05, 4.69) is 4.98 Å². The average molecular weight is 252 g/mol. The maximum absolute atomic E-state index is 11.3. The van der Waals surface area contributed by atoms with E-state index < -0.39 is 5.97 Å². The van der Waals surface area contributed by atoms with E-state index in [0.29, 0.717) is 25.6 Å². The van der Waals surface area contributed by atoms with Crippen LogP contribution in [0.5, 0.6) is 0 Å². The fraction of sp³-hybridized carbons (Fsp3) is 0.538. The quantitative estimate of drug-likeness (QED) is 0.783. The number of carboxylic acids is 1. The third-order valence-corrected chi connectivity index (χ3v) is 2.68. The van der Waals surface area contributed by atoms with Gasteiger partial charge in [-0.05, 0) is 32.4 Å². The molecule has 0 atom stereocenters. The van der Waals surface area contributed by atoms with Crippen LogP contribution in [0.2, 0.25) is 0 Å². The summed E-state index contributed by atoms with van der Waals surface area (Å²) in [6, 6.07) is 1.78. The van der Waals surface area contributed by atoms with Crippen molar-refractivity contribution in [2.75, 3.05) is 31.7 Å². The number of nitrogens with zero attached hydrogens (tertiary/aromatic N) is 2. The molecule has 0 aliphatic rings. The van der Waals surface area contributed by atoms with Crippen LogP contribution in [0.3, 0.4) is 0 Å². The van der Waals surface area contributed by atoms with Crippen molar-refractivity contribution in [3.8, 4) is 0 Å². The monoisotopic (exact) mass is 252 g/mol. The maximum Gasteiger partial charge on any atom is 0.339 e. The number of carbonyl (C=O) groups is 1. The minimum Gasteiger partial charge on any atom is -0.478 e. The molecule has 1 aromatic heterocycles. The summed E-state index contributed by atoms with van der Waals surface area (Å²) in [5.74, 6) is -0.446. The van der Waals surface area contributed by atoms with Crippen molar-refractivity contribution in [2.24, 2.45) is 0 Å². The van der Waals surface area contributed by atoms with Crippen LogP contribution in [0.25, 0.3) is 0 Å². The molecule has 5 heteroatoms. The molecule has 0 spiro atoms. The first-order valence-electron chi connectivity index (χ1n) is 5.97. The zero-order valence-corrected chi connectivity index (χ0v) is 11.4. The molecule has 0 unspecified atom stereocenters. The molecule has 1 heterocycles. The second-order valence-corrected chi connectivity index (χ2v) is 4.20. The van der Waals surface area contributed by atoms with Crippen LogP contribution in [0, 0.1) is 13.8 Å². The molecule has 1 aromatic rings. The molecule has 0 saturated heterocycles. The number of likely N-dealkylation sites (N-methyl/N-ethyl adjacent to an activating group) is 1. The Morgan fingerprint density at radius 2 is 2.17 bits per heavy atom. The molecular formula is C13H20N2O3. The molecule has 1 N–H and O–H groups in total. The van der Waals surface area contributed by atoms with E-state index in [1.165, 1.54) is 0 Å². The zero-order chi connectivity index (χ0) is 13.7. The molecule has 18 heavy (non-hydrogen) atoms. The first kappa shape index (κ1) is 14.4. The van der Waals surface area contributed by atoms with Gasteiger partial charge in [0, 0.05) is 25.9 Å². The Bertz CT molecular complexity index is 432. The number of aromatic nitrogens is 1. The highest BCUT2D eigenvalue weighted by Crippen LogP contribution is 2.21. The lowest BCUT2D eigenvalue weighted by molar-refractivity contribution is 0.0696. The molecule has 0 bridgehead atoms. The van der Waals surface area contributed by atoms with Crippen molar-refractivity contribution in [1.82, 2.24) is 4.98 Å². The molecular weight excluding hydrogens is 232 g/mol. The Hall–Kier alpha value is -1.62. The van der Waals surface area contributed by atoms with Crippen LogP contribution in [0.15, 0.2) is 6.07 Å². The largest absolute Gasteiger partial charge is 0.478 e. The smallest absolute Gasteiger partial charge is 0.339 e. The van der Waals surface area contributed by atoms with Gasteiger partial charge in [0.05, 0.1) is 6.61 Å². The van der Waals surface area contributed by atoms with Crippen molar-refractivity contribution >= 4 is 11.8 Å². The number of carboxylic acid groups (broad SMARTS) is 1. The fourth-order valence-electron chi connectivity index (χ4n) is 1.81. The summed E-state index contributed by atoms with van der Waals surface area (Å²) in [6.45, 7) is 7.40. The summed E-state index contributed by atoms with van der Waals surface area (Å²) >= 11 is 0. The Balaban J connectivity index is 3.02. The van der Waals surface area contributed by atoms with Crippen LogP contribution in [-0.4, -0.2) is 42.9 Å². The number of rotatable bonds is 6. The molecule has 0 amide bonds. The lowest BCUT2D eigenvalue weighted by Crippen LogP contribution is -2.26. The van der Waals surface area contributed by atoms with Gasteiger partial charge in [-0.2, -0.15) is 0 Å². The van der Waals surface area contributed by atoms with Crippen molar-refractivity contribution in [3.05, 3.63) is 22.9 Å². The van der Waals surface area contributed by atoms with Gasteiger partial charge in [0.25, 0.3) is 0 Å². The summed E-state index contributed by atoms with van der Waals surface area (Å²) in [7, 11) is 1.83. The van der Waals surface area contributed by atoms with Gasteiger partial charge in [-0.15, -0.1) is 0 Å². The number of ether oxygens (including phenoxy) is 1. The first-order valence-corrected chi connectivity index (χ1v) is 5.97. The van der Waals surface area contributed by atoms with Gasteiger partial charge >= 0.3 is 5.97 Å². The van der Waals surface area contributed by atoms with Crippen molar-refractivity contribution < 1.29 is 14.6 Å². The van der Waals surface area contributed by atoms with Crippen LogP contribution in [0.4, 0.5) is 5.82 Å². The number of aromatic carboxylic acids is 1. The molecule has 0 aromatic carbocycles. The topological polar surface area (TPSA) is 62.7 Å². The van der Waals surface area contributed by atoms with Crippen molar-refractivity contribution in [3.63, 3.8) is 0 Å². The Morgan fingerprint density at radius 3 is 2.72 bits per heavy atom. The van der Waals surface area contributed by atoms with Gasteiger partial charge in [-0.1, -0.05) is 0 Å². The lowest BCUT2D eigenvalue weighted by atomic mass is 10.1. The number of aryl methyl sites for hydroxylation is 2. The molecule has 0 aliphatic carbocycles. The van der Waals surface area contributed by atoms with Gasteiger partial charge in [-0.3, -0.25) is 0 Å².